The number of H-pyrrole nitrogens is 1. The minimum atomic E-state index is -0.223. The van der Waals surface area contributed by atoms with Crippen LogP contribution in [0.3, 0.4) is 0 Å². The van der Waals surface area contributed by atoms with Crippen molar-refractivity contribution in [3.63, 3.8) is 0 Å². The second-order valence-electron chi connectivity index (χ2n) is 4.42. The molecule has 2 N–H and O–H groups in total. The van der Waals surface area contributed by atoms with Crippen LogP contribution in [0, 0.1) is 0 Å². The number of nitrogens with one attached hydrogen (secondary N) is 2. The summed E-state index contributed by atoms with van der Waals surface area (Å²) in [5, 5.41) is 10.6. The Morgan fingerprint density at radius 1 is 1.29 bits per heavy atom. The van der Waals surface area contributed by atoms with E-state index in [1.807, 2.05) is 36.4 Å². The number of benzene rings is 2. The third-order valence-electron chi connectivity index (χ3n) is 3.12. The first-order valence-electron chi connectivity index (χ1n) is 6.27. The molecule has 0 fully saturated rings. The predicted molar refractivity (Wildman–Crippen MR) is 84.7 cm³/mol. The van der Waals surface area contributed by atoms with Gasteiger partial charge in [-0.3, -0.25) is 9.89 Å². The molecule has 0 aliphatic heterocycles. The van der Waals surface area contributed by atoms with Gasteiger partial charge in [0, 0.05) is 9.86 Å². The molecule has 0 radical (unpaired) electrons. The second-order valence-corrected chi connectivity index (χ2v) is 5.27. The Morgan fingerprint density at radius 3 is 2.86 bits per heavy atom. The monoisotopic (exact) mass is 345 g/mol. The molecule has 1 aromatic heterocycles. The number of hydrogen-bond acceptors (Lipinski definition) is 3. The second kappa shape index (κ2) is 5.57. The lowest BCUT2D eigenvalue weighted by Crippen LogP contribution is -2.13. The van der Waals surface area contributed by atoms with Gasteiger partial charge in [0.05, 0.1) is 18.2 Å². The van der Waals surface area contributed by atoms with Crippen molar-refractivity contribution in [1.29, 1.82) is 0 Å². The zero-order chi connectivity index (χ0) is 14.8. The number of aromatic nitrogens is 2. The Labute approximate surface area is 129 Å². The van der Waals surface area contributed by atoms with Gasteiger partial charge in [0.25, 0.3) is 5.91 Å². The van der Waals surface area contributed by atoms with Gasteiger partial charge in [0.2, 0.25) is 0 Å². The first kappa shape index (κ1) is 13.6. The molecule has 5 nitrogen and oxygen atoms in total. The molecule has 0 saturated carbocycles. The lowest BCUT2D eigenvalue weighted by molar-refractivity contribution is 0.102. The van der Waals surface area contributed by atoms with Crippen molar-refractivity contribution >= 4 is 38.6 Å². The SMILES string of the molecule is COc1ccc2[nH]nc(NC(=O)c3ccccc3Br)c2c1. The van der Waals surface area contributed by atoms with Crippen LogP contribution >= 0.6 is 15.9 Å². The van der Waals surface area contributed by atoms with Gasteiger partial charge in [-0.05, 0) is 46.3 Å². The fourth-order valence-corrected chi connectivity index (χ4v) is 2.50. The minimum absolute atomic E-state index is 0.223. The fourth-order valence-electron chi connectivity index (χ4n) is 2.04. The lowest BCUT2D eigenvalue weighted by Gasteiger charge is -2.05. The minimum Gasteiger partial charge on any atom is -0.497 e. The van der Waals surface area contributed by atoms with E-state index in [9.17, 15) is 4.79 Å². The lowest BCUT2D eigenvalue weighted by atomic mass is 10.2. The smallest absolute Gasteiger partial charge is 0.258 e. The van der Waals surface area contributed by atoms with Gasteiger partial charge in [0.1, 0.15) is 5.75 Å². The summed E-state index contributed by atoms with van der Waals surface area (Å²) in [5.41, 5.74) is 1.38. The van der Waals surface area contributed by atoms with Crippen LogP contribution in [-0.4, -0.2) is 23.2 Å². The van der Waals surface area contributed by atoms with Crippen LogP contribution < -0.4 is 10.1 Å². The quantitative estimate of drug-likeness (QED) is 0.762. The molecule has 0 aliphatic rings. The Bertz CT molecular complexity index is 814. The summed E-state index contributed by atoms with van der Waals surface area (Å²) in [6.45, 7) is 0. The molecule has 6 heteroatoms. The largest absolute Gasteiger partial charge is 0.497 e. The third kappa shape index (κ3) is 2.62. The predicted octanol–water partition coefficient (Wildman–Crippen LogP) is 3.59. The first-order valence-corrected chi connectivity index (χ1v) is 7.06. The molecule has 3 rings (SSSR count). The standard InChI is InChI=1S/C15H12BrN3O2/c1-21-9-6-7-13-11(8-9)14(19-18-13)17-15(20)10-4-2-3-5-12(10)16/h2-8H,1H3,(H2,17,18,19,20). The van der Waals surface area contributed by atoms with E-state index in [-0.39, 0.29) is 5.91 Å². The summed E-state index contributed by atoms with van der Waals surface area (Å²) in [4.78, 5) is 12.3. The van der Waals surface area contributed by atoms with Gasteiger partial charge >= 0.3 is 0 Å². The van der Waals surface area contributed by atoms with Crippen molar-refractivity contribution in [3.05, 3.63) is 52.5 Å². The molecule has 0 spiro atoms. The summed E-state index contributed by atoms with van der Waals surface area (Å²) >= 11 is 3.36. The average molecular weight is 346 g/mol. The Balaban J connectivity index is 1.95. The van der Waals surface area contributed by atoms with Crippen LogP contribution in [0.15, 0.2) is 46.9 Å². The highest BCUT2D eigenvalue weighted by atomic mass is 79.9. The average Bonchev–Trinajstić information content (AvgIpc) is 2.90. The molecule has 0 aliphatic carbocycles. The number of nitrogens with zero attached hydrogens (tertiary/aromatic N) is 1. The summed E-state index contributed by atoms with van der Waals surface area (Å²) in [5.74, 6) is 0.962. The molecule has 0 unspecified atom stereocenters. The van der Waals surface area contributed by atoms with Crippen LogP contribution in [0.25, 0.3) is 10.9 Å². The molecule has 1 amide bonds. The van der Waals surface area contributed by atoms with Crippen LogP contribution in [0.1, 0.15) is 10.4 Å². The van der Waals surface area contributed by atoms with Crippen LogP contribution in [0.4, 0.5) is 5.82 Å². The van der Waals surface area contributed by atoms with Crippen molar-refractivity contribution in [2.24, 2.45) is 0 Å². The number of aromatic amines is 1. The fraction of sp³-hybridized carbons (Fsp3) is 0.0667. The van der Waals surface area contributed by atoms with Gasteiger partial charge < -0.3 is 10.1 Å². The molecule has 1 heterocycles. The Hall–Kier alpha value is -2.34. The van der Waals surface area contributed by atoms with Gasteiger partial charge in [0.15, 0.2) is 5.82 Å². The van der Waals surface area contributed by atoms with Crippen LogP contribution in [-0.2, 0) is 0 Å². The Morgan fingerprint density at radius 2 is 2.10 bits per heavy atom. The normalized spacial score (nSPS) is 10.6. The number of amides is 1. The highest BCUT2D eigenvalue weighted by Gasteiger charge is 2.13. The van der Waals surface area contributed by atoms with E-state index in [1.165, 1.54) is 0 Å². The number of rotatable bonds is 3. The maximum atomic E-state index is 12.3. The van der Waals surface area contributed by atoms with Crippen molar-refractivity contribution in [2.75, 3.05) is 12.4 Å². The number of carbonyl (C=O) groups excluding carboxylic acids is 1. The number of halogens is 1. The van der Waals surface area contributed by atoms with E-state index in [2.05, 4.69) is 31.4 Å². The molecule has 3 aromatic rings. The van der Waals surface area contributed by atoms with E-state index >= 15 is 0 Å². The number of ether oxygens (including phenoxy) is 1. The van der Waals surface area contributed by atoms with E-state index in [4.69, 9.17) is 4.74 Å². The molecule has 0 bridgehead atoms. The molecule has 21 heavy (non-hydrogen) atoms. The third-order valence-corrected chi connectivity index (χ3v) is 3.81. The van der Waals surface area contributed by atoms with Gasteiger partial charge in [-0.1, -0.05) is 12.1 Å². The highest BCUT2D eigenvalue weighted by molar-refractivity contribution is 9.10. The van der Waals surface area contributed by atoms with Crippen molar-refractivity contribution in [2.45, 2.75) is 0 Å². The van der Waals surface area contributed by atoms with E-state index in [0.29, 0.717) is 17.1 Å². The zero-order valence-corrected chi connectivity index (χ0v) is 12.8. The van der Waals surface area contributed by atoms with Crippen LogP contribution in [0.2, 0.25) is 0 Å². The van der Waals surface area contributed by atoms with Gasteiger partial charge in [-0.15, -0.1) is 0 Å². The first-order chi connectivity index (χ1) is 10.2. The molecule has 0 saturated heterocycles. The topological polar surface area (TPSA) is 67.0 Å². The summed E-state index contributed by atoms with van der Waals surface area (Å²) in [7, 11) is 1.60. The molecule has 2 aromatic carbocycles. The maximum Gasteiger partial charge on any atom is 0.258 e. The van der Waals surface area contributed by atoms with Crippen molar-refractivity contribution < 1.29 is 9.53 Å². The van der Waals surface area contributed by atoms with Crippen LogP contribution in [0.5, 0.6) is 5.75 Å². The zero-order valence-electron chi connectivity index (χ0n) is 11.2. The Kier molecular flexibility index (Phi) is 3.62. The summed E-state index contributed by atoms with van der Waals surface area (Å²) < 4.78 is 5.93. The van der Waals surface area contributed by atoms with Crippen molar-refractivity contribution in [1.82, 2.24) is 10.2 Å². The number of hydrogen-bond donors (Lipinski definition) is 2. The summed E-state index contributed by atoms with van der Waals surface area (Å²) in [6, 6.07) is 12.8. The number of methoxy groups -OCH3 is 1. The summed E-state index contributed by atoms with van der Waals surface area (Å²) in [6.07, 6.45) is 0. The molecule has 106 valence electrons. The molecular formula is C15H12BrN3O2. The van der Waals surface area contributed by atoms with Gasteiger partial charge in [-0.25, -0.2) is 0 Å². The number of fused-ring (bicyclic) bond motifs is 1. The number of carbonyl (C=O) groups is 1. The van der Waals surface area contributed by atoms with Gasteiger partial charge in [-0.2, -0.15) is 5.10 Å². The van der Waals surface area contributed by atoms with E-state index < -0.39 is 0 Å². The van der Waals surface area contributed by atoms with E-state index in [0.717, 1.165) is 15.4 Å². The van der Waals surface area contributed by atoms with Crippen molar-refractivity contribution in [3.8, 4) is 5.75 Å². The molecule has 0 atom stereocenters. The number of anilines is 1. The maximum absolute atomic E-state index is 12.3. The highest BCUT2D eigenvalue weighted by Crippen LogP contribution is 2.26. The van der Waals surface area contributed by atoms with E-state index in [1.54, 1.807) is 13.2 Å². The molecular weight excluding hydrogens is 334 g/mol.